The number of hydrogen-bond donors (Lipinski definition) is 1. The van der Waals surface area contributed by atoms with Gasteiger partial charge in [0.15, 0.2) is 0 Å². The van der Waals surface area contributed by atoms with E-state index < -0.39 is 17.4 Å². The molecular formula is C13H13F3N4O. The van der Waals surface area contributed by atoms with E-state index in [1.807, 2.05) is 6.92 Å². The fraction of sp³-hybridized carbons (Fsp3) is 0.308. The van der Waals surface area contributed by atoms with Crippen LogP contribution < -0.4 is 10.9 Å². The highest BCUT2D eigenvalue weighted by Gasteiger charge is 2.34. The average molecular weight is 298 g/mol. The molecule has 0 saturated carbocycles. The highest BCUT2D eigenvalue weighted by Crippen LogP contribution is 2.28. The summed E-state index contributed by atoms with van der Waals surface area (Å²) in [7, 11) is 0. The number of nitrogens with zero attached hydrogens (tertiary/aromatic N) is 3. The van der Waals surface area contributed by atoms with Crippen molar-refractivity contribution < 1.29 is 13.2 Å². The molecule has 0 saturated heterocycles. The molecule has 112 valence electrons. The number of nitrogens with one attached hydrogen (secondary N) is 1. The Labute approximate surface area is 118 Å². The molecular weight excluding hydrogens is 285 g/mol. The monoisotopic (exact) mass is 298 g/mol. The van der Waals surface area contributed by atoms with Gasteiger partial charge in [0.2, 0.25) is 0 Å². The first-order chi connectivity index (χ1) is 9.91. The lowest BCUT2D eigenvalue weighted by atomic mass is 10.3. The van der Waals surface area contributed by atoms with Gasteiger partial charge in [-0.15, -0.1) is 0 Å². The predicted molar refractivity (Wildman–Crippen MR) is 71.0 cm³/mol. The average Bonchev–Trinajstić information content (AvgIpc) is 2.42. The molecule has 0 aliphatic carbocycles. The highest BCUT2D eigenvalue weighted by atomic mass is 19.4. The Balaban J connectivity index is 2.33. The largest absolute Gasteiger partial charge is 0.431 e. The molecule has 0 aliphatic heterocycles. The van der Waals surface area contributed by atoms with E-state index in [4.69, 9.17) is 0 Å². The number of pyridine rings is 1. The van der Waals surface area contributed by atoms with E-state index in [1.165, 1.54) is 12.4 Å². The number of hydrogen-bond acceptors (Lipinski definition) is 4. The minimum Gasteiger partial charge on any atom is -0.369 e. The molecule has 0 aromatic carbocycles. The maximum Gasteiger partial charge on any atom is 0.431 e. The summed E-state index contributed by atoms with van der Waals surface area (Å²) < 4.78 is 39.3. The van der Waals surface area contributed by atoms with Crippen molar-refractivity contribution in [2.75, 3.05) is 11.9 Å². The summed E-state index contributed by atoms with van der Waals surface area (Å²) in [5.74, 6) is 0.526. The van der Waals surface area contributed by atoms with Gasteiger partial charge in [0.1, 0.15) is 11.5 Å². The second-order valence-electron chi connectivity index (χ2n) is 4.26. The van der Waals surface area contributed by atoms with Crippen LogP contribution in [0.25, 0.3) is 0 Å². The molecule has 2 heterocycles. The van der Waals surface area contributed by atoms with Gasteiger partial charge in [-0.3, -0.25) is 14.3 Å². The third-order valence-electron chi connectivity index (χ3n) is 2.72. The van der Waals surface area contributed by atoms with Crippen molar-refractivity contribution in [3.8, 4) is 0 Å². The number of alkyl halides is 3. The van der Waals surface area contributed by atoms with Crippen LogP contribution in [0.15, 0.2) is 35.4 Å². The Hall–Kier alpha value is -2.38. The Bertz CT molecular complexity index is 664. The molecule has 0 atom stereocenters. The molecule has 5 nitrogen and oxygen atoms in total. The second-order valence-corrected chi connectivity index (χ2v) is 4.26. The molecule has 2 rings (SSSR count). The highest BCUT2D eigenvalue weighted by molar-refractivity contribution is 5.30. The predicted octanol–water partition coefficient (Wildman–Crippen LogP) is 2.14. The third-order valence-corrected chi connectivity index (χ3v) is 2.72. The Morgan fingerprint density at radius 2 is 2.00 bits per heavy atom. The Morgan fingerprint density at radius 1 is 1.24 bits per heavy atom. The van der Waals surface area contributed by atoms with Crippen LogP contribution in [-0.4, -0.2) is 21.1 Å². The molecule has 0 fully saturated rings. The summed E-state index contributed by atoms with van der Waals surface area (Å²) >= 11 is 0. The number of aromatic nitrogens is 3. The van der Waals surface area contributed by atoms with Gasteiger partial charge in [0.25, 0.3) is 5.56 Å². The van der Waals surface area contributed by atoms with E-state index in [0.717, 1.165) is 18.2 Å². The summed E-state index contributed by atoms with van der Waals surface area (Å²) in [5.41, 5.74) is -1.47. The first-order valence-electron chi connectivity index (χ1n) is 6.23. The summed E-state index contributed by atoms with van der Waals surface area (Å²) in [6, 6.07) is 3.03. The van der Waals surface area contributed by atoms with Gasteiger partial charge in [-0.25, -0.2) is 4.98 Å². The number of halogens is 3. The lowest BCUT2D eigenvalue weighted by Gasteiger charge is -2.14. The molecule has 21 heavy (non-hydrogen) atoms. The van der Waals surface area contributed by atoms with Gasteiger partial charge < -0.3 is 5.32 Å². The van der Waals surface area contributed by atoms with Crippen molar-refractivity contribution in [2.24, 2.45) is 0 Å². The van der Waals surface area contributed by atoms with Gasteiger partial charge in [0.05, 0.1) is 24.6 Å². The molecule has 0 aliphatic rings. The zero-order chi connectivity index (χ0) is 15.5. The van der Waals surface area contributed by atoms with E-state index in [-0.39, 0.29) is 12.2 Å². The van der Waals surface area contributed by atoms with Crippen LogP contribution in [0.1, 0.15) is 18.3 Å². The van der Waals surface area contributed by atoms with Crippen LogP contribution in [-0.2, 0) is 12.7 Å². The van der Waals surface area contributed by atoms with Crippen molar-refractivity contribution in [3.63, 3.8) is 0 Å². The topological polar surface area (TPSA) is 59.8 Å². The third kappa shape index (κ3) is 3.59. The van der Waals surface area contributed by atoms with Crippen molar-refractivity contribution in [1.29, 1.82) is 0 Å². The summed E-state index contributed by atoms with van der Waals surface area (Å²) in [5, 5.41) is 2.92. The van der Waals surface area contributed by atoms with Crippen LogP contribution in [0.5, 0.6) is 0 Å². The summed E-state index contributed by atoms with van der Waals surface area (Å²) in [6.45, 7) is 2.26. The minimum atomic E-state index is -4.60. The van der Waals surface area contributed by atoms with Crippen LogP contribution in [0.2, 0.25) is 0 Å². The maximum absolute atomic E-state index is 12.9. The maximum atomic E-state index is 12.9. The van der Waals surface area contributed by atoms with E-state index in [1.54, 1.807) is 0 Å². The first-order valence-corrected chi connectivity index (χ1v) is 6.23. The van der Waals surface area contributed by atoms with Gasteiger partial charge in [0, 0.05) is 12.6 Å². The van der Waals surface area contributed by atoms with Crippen molar-refractivity contribution >= 4 is 5.82 Å². The van der Waals surface area contributed by atoms with Gasteiger partial charge in [-0.1, -0.05) is 6.07 Å². The van der Waals surface area contributed by atoms with E-state index in [9.17, 15) is 18.0 Å². The molecule has 0 spiro atoms. The molecule has 1 N–H and O–H groups in total. The van der Waals surface area contributed by atoms with Crippen molar-refractivity contribution in [1.82, 2.24) is 14.5 Å². The van der Waals surface area contributed by atoms with Crippen LogP contribution in [0.4, 0.5) is 19.0 Å². The smallest absolute Gasteiger partial charge is 0.369 e. The normalized spacial score (nSPS) is 11.4. The van der Waals surface area contributed by atoms with Gasteiger partial charge >= 0.3 is 6.18 Å². The van der Waals surface area contributed by atoms with Crippen molar-refractivity contribution in [3.05, 3.63) is 52.3 Å². The minimum absolute atomic E-state index is 0.274. The van der Waals surface area contributed by atoms with Crippen LogP contribution in [0.3, 0.4) is 0 Å². The van der Waals surface area contributed by atoms with Crippen LogP contribution in [0, 0.1) is 0 Å². The zero-order valence-corrected chi connectivity index (χ0v) is 11.2. The SMILES string of the molecule is CCNc1cnc(Cn2c(C(F)(F)F)cccc2=O)cn1. The van der Waals surface area contributed by atoms with Crippen LogP contribution >= 0.6 is 0 Å². The quantitative estimate of drug-likeness (QED) is 0.939. The summed E-state index contributed by atoms with van der Waals surface area (Å²) in [4.78, 5) is 19.7. The Kier molecular flexibility index (Phi) is 4.25. The van der Waals surface area contributed by atoms with Crippen molar-refractivity contribution in [2.45, 2.75) is 19.6 Å². The fourth-order valence-corrected chi connectivity index (χ4v) is 1.80. The molecule has 0 radical (unpaired) electrons. The lowest BCUT2D eigenvalue weighted by Crippen LogP contribution is -2.28. The second kappa shape index (κ2) is 5.94. The van der Waals surface area contributed by atoms with E-state index in [2.05, 4.69) is 15.3 Å². The van der Waals surface area contributed by atoms with Gasteiger partial charge in [-0.05, 0) is 13.0 Å². The standard InChI is InChI=1S/C13H13F3N4O/c1-2-17-11-7-18-9(6-19-11)8-20-10(13(14,15)16)4-3-5-12(20)21/h3-7H,2,8H2,1H3,(H,17,19). The first kappa shape index (κ1) is 15.0. The lowest BCUT2D eigenvalue weighted by molar-refractivity contribution is -0.144. The number of anilines is 1. The van der Waals surface area contributed by atoms with Gasteiger partial charge in [-0.2, -0.15) is 13.2 Å². The molecule has 2 aromatic heterocycles. The molecule has 0 amide bonds. The molecule has 0 bridgehead atoms. The van der Waals surface area contributed by atoms with E-state index >= 15 is 0 Å². The Morgan fingerprint density at radius 3 is 2.57 bits per heavy atom. The molecule has 8 heteroatoms. The molecule has 2 aromatic rings. The zero-order valence-electron chi connectivity index (χ0n) is 11.2. The molecule has 0 unspecified atom stereocenters. The fourth-order valence-electron chi connectivity index (χ4n) is 1.80. The summed E-state index contributed by atoms with van der Waals surface area (Å²) in [6.07, 6.45) is -1.84. The van der Waals surface area contributed by atoms with E-state index in [0.29, 0.717) is 16.9 Å². The number of rotatable bonds is 4.